The van der Waals surface area contributed by atoms with Crippen molar-refractivity contribution in [2.24, 2.45) is 4.99 Å². The molecule has 0 saturated heterocycles. The summed E-state index contributed by atoms with van der Waals surface area (Å²) in [6.07, 6.45) is 7.69. The molecule has 0 fully saturated rings. The van der Waals surface area contributed by atoms with E-state index in [2.05, 4.69) is 46.0 Å². The molecule has 6 heteroatoms. The Morgan fingerprint density at radius 1 is 1.36 bits per heavy atom. The number of rotatable bonds is 8. The van der Waals surface area contributed by atoms with Gasteiger partial charge in [-0.3, -0.25) is 4.79 Å². The predicted molar refractivity (Wildman–Crippen MR) is 114 cm³/mol. The Morgan fingerprint density at radius 3 is 2.93 bits per heavy atom. The lowest BCUT2D eigenvalue weighted by Gasteiger charge is -2.14. The molecule has 142 valence electrons. The van der Waals surface area contributed by atoms with Gasteiger partial charge in [0.05, 0.1) is 11.3 Å². The number of aliphatic imine (C=N–C) groups is 1. The average Bonchev–Trinajstić information content (AvgIpc) is 3.09. The number of nitrogens with one attached hydrogen (secondary N) is 3. The number of benzene rings is 1. The quantitative estimate of drug-likeness (QED) is 0.608. The van der Waals surface area contributed by atoms with E-state index in [1.807, 2.05) is 36.4 Å². The second kappa shape index (κ2) is 8.81. The maximum absolute atomic E-state index is 12.5. The van der Waals surface area contributed by atoms with Crippen LogP contribution < -0.4 is 16.0 Å². The summed E-state index contributed by atoms with van der Waals surface area (Å²) >= 11 is 0. The molecule has 1 aliphatic rings. The monoisotopic (exact) mass is 373 g/mol. The molecule has 1 aliphatic heterocycles. The molecule has 0 radical (unpaired) electrons. The van der Waals surface area contributed by atoms with Crippen LogP contribution in [0.15, 0.2) is 72.8 Å². The summed E-state index contributed by atoms with van der Waals surface area (Å²) in [5, 5.41) is 9.00. The largest absolute Gasteiger partial charge is 0.348 e. The maximum atomic E-state index is 12.5. The van der Waals surface area contributed by atoms with Gasteiger partial charge in [0.2, 0.25) is 0 Å². The molecule has 3 rings (SSSR count). The lowest BCUT2D eigenvalue weighted by molar-refractivity contribution is 0.0966. The van der Waals surface area contributed by atoms with Crippen molar-refractivity contribution in [1.29, 1.82) is 0 Å². The second-order valence-corrected chi connectivity index (χ2v) is 6.16. The van der Waals surface area contributed by atoms with Crippen molar-refractivity contribution in [2.75, 3.05) is 5.32 Å². The normalized spacial score (nSPS) is 13.2. The number of allylic oxidation sites excluding steroid dienone is 2. The van der Waals surface area contributed by atoms with Gasteiger partial charge in [-0.1, -0.05) is 32.2 Å². The first-order chi connectivity index (χ1) is 13.6. The van der Waals surface area contributed by atoms with E-state index >= 15 is 0 Å². The van der Waals surface area contributed by atoms with Crippen LogP contribution in [0.25, 0.3) is 5.57 Å². The second-order valence-electron chi connectivity index (χ2n) is 6.16. The molecule has 0 atom stereocenters. The first-order valence-electron chi connectivity index (χ1n) is 9.06. The molecule has 0 saturated carbocycles. The minimum Gasteiger partial charge on any atom is -0.348 e. The molecule has 0 bridgehead atoms. The van der Waals surface area contributed by atoms with Crippen molar-refractivity contribution < 1.29 is 4.79 Å². The van der Waals surface area contributed by atoms with E-state index in [1.54, 1.807) is 12.4 Å². The Labute approximate surface area is 164 Å². The van der Waals surface area contributed by atoms with Crippen LogP contribution in [-0.2, 0) is 6.54 Å². The molecule has 28 heavy (non-hydrogen) atoms. The number of pyridine rings is 1. The number of anilines is 2. The van der Waals surface area contributed by atoms with Gasteiger partial charge in [-0.05, 0) is 53.6 Å². The van der Waals surface area contributed by atoms with Crippen LogP contribution in [0.4, 0.5) is 11.5 Å². The molecular formula is C22H23N5O. The molecule has 0 unspecified atom stereocenters. The van der Waals surface area contributed by atoms with E-state index in [9.17, 15) is 4.79 Å². The van der Waals surface area contributed by atoms with E-state index in [0.29, 0.717) is 23.7 Å². The fourth-order valence-corrected chi connectivity index (χ4v) is 3.10. The Morgan fingerprint density at radius 2 is 2.21 bits per heavy atom. The Kier molecular flexibility index (Phi) is 6.01. The van der Waals surface area contributed by atoms with Crippen molar-refractivity contribution in [3.8, 4) is 0 Å². The van der Waals surface area contributed by atoms with Crippen molar-refractivity contribution in [3.05, 3.63) is 84.5 Å². The molecule has 6 nitrogen and oxygen atoms in total. The van der Waals surface area contributed by atoms with Crippen molar-refractivity contribution >= 4 is 29.2 Å². The van der Waals surface area contributed by atoms with Gasteiger partial charge in [0.25, 0.3) is 5.91 Å². The van der Waals surface area contributed by atoms with Crippen LogP contribution in [-0.4, -0.2) is 17.1 Å². The number of carbonyl (C=O) groups is 1. The fourth-order valence-electron chi connectivity index (χ4n) is 3.10. The summed E-state index contributed by atoms with van der Waals surface area (Å²) < 4.78 is 0. The topological polar surface area (TPSA) is 78.4 Å². The molecule has 1 amide bonds. The van der Waals surface area contributed by atoms with Gasteiger partial charge in [-0.15, -0.1) is 0 Å². The number of hydrogen-bond donors (Lipinski definition) is 3. The average molecular weight is 373 g/mol. The van der Waals surface area contributed by atoms with Gasteiger partial charge in [0.1, 0.15) is 11.6 Å². The number of aromatic nitrogens is 1. The Hall–Kier alpha value is -3.67. The van der Waals surface area contributed by atoms with E-state index < -0.39 is 0 Å². The van der Waals surface area contributed by atoms with Gasteiger partial charge < -0.3 is 16.0 Å². The first-order valence-corrected chi connectivity index (χ1v) is 9.06. The Bertz CT molecular complexity index is 960. The van der Waals surface area contributed by atoms with Crippen LogP contribution in [0.3, 0.4) is 0 Å². The first kappa shape index (κ1) is 19.1. The lowest BCUT2D eigenvalue weighted by atomic mass is 9.94. The van der Waals surface area contributed by atoms with Crippen LogP contribution >= 0.6 is 0 Å². The highest BCUT2D eigenvalue weighted by atomic mass is 16.1. The van der Waals surface area contributed by atoms with Crippen LogP contribution in [0.5, 0.6) is 0 Å². The fraction of sp³-hybridized carbons (Fsp3) is 0.136. The maximum Gasteiger partial charge on any atom is 0.254 e. The lowest BCUT2D eigenvalue weighted by Crippen LogP contribution is -2.13. The van der Waals surface area contributed by atoms with Gasteiger partial charge in [-0.25, -0.2) is 9.98 Å². The molecule has 0 spiro atoms. The van der Waals surface area contributed by atoms with E-state index in [1.165, 1.54) is 6.20 Å². The SMILES string of the molecule is C=CNC(=C)/N=C\C=C(/CC)c1ccc(Nc2ccccn2)c2c1CNC2=O. The standard InChI is InChI=1S/C22H23N5O/c1-4-16(11-13-24-15(3)23-5-2)17-9-10-19(21-18(17)14-26-22(21)28)27-20-8-6-7-12-25-20/h5-13,23H,2-4,14H2,1H3,(H,25,27)(H,26,28)/b16-11+,24-13-. The Balaban J connectivity index is 1.95. The van der Waals surface area contributed by atoms with Gasteiger partial charge in [0.15, 0.2) is 0 Å². The molecule has 1 aromatic carbocycles. The highest BCUT2D eigenvalue weighted by Gasteiger charge is 2.26. The summed E-state index contributed by atoms with van der Waals surface area (Å²) in [5.74, 6) is 1.13. The van der Waals surface area contributed by atoms with E-state index in [4.69, 9.17) is 0 Å². The summed E-state index contributed by atoms with van der Waals surface area (Å²) in [6, 6.07) is 9.57. The molecule has 0 aliphatic carbocycles. The van der Waals surface area contributed by atoms with Gasteiger partial charge >= 0.3 is 0 Å². The zero-order chi connectivity index (χ0) is 19.9. The number of carbonyl (C=O) groups excluding carboxylic acids is 1. The molecule has 3 N–H and O–H groups in total. The highest BCUT2D eigenvalue weighted by Crippen LogP contribution is 2.33. The number of nitrogens with zero attached hydrogens (tertiary/aromatic N) is 2. The van der Waals surface area contributed by atoms with E-state index in [0.717, 1.165) is 28.8 Å². The third-order valence-corrected chi connectivity index (χ3v) is 4.39. The molecular weight excluding hydrogens is 350 g/mol. The van der Waals surface area contributed by atoms with E-state index in [-0.39, 0.29) is 5.91 Å². The predicted octanol–water partition coefficient (Wildman–Crippen LogP) is 4.14. The molecule has 2 heterocycles. The van der Waals surface area contributed by atoms with Crippen molar-refractivity contribution in [3.63, 3.8) is 0 Å². The van der Waals surface area contributed by atoms with Crippen molar-refractivity contribution in [1.82, 2.24) is 15.6 Å². The number of hydrogen-bond acceptors (Lipinski definition) is 5. The van der Waals surface area contributed by atoms with Gasteiger partial charge in [-0.2, -0.15) is 0 Å². The minimum absolute atomic E-state index is 0.0806. The zero-order valence-electron chi connectivity index (χ0n) is 15.8. The third kappa shape index (κ3) is 4.17. The van der Waals surface area contributed by atoms with Crippen LogP contribution in [0, 0.1) is 0 Å². The highest BCUT2D eigenvalue weighted by molar-refractivity contribution is 6.05. The third-order valence-electron chi connectivity index (χ3n) is 4.39. The summed E-state index contributed by atoms with van der Waals surface area (Å²) in [4.78, 5) is 21.0. The summed E-state index contributed by atoms with van der Waals surface area (Å²) in [7, 11) is 0. The smallest absolute Gasteiger partial charge is 0.254 e. The van der Waals surface area contributed by atoms with Crippen LogP contribution in [0.1, 0.15) is 34.8 Å². The summed E-state index contributed by atoms with van der Waals surface area (Å²) in [5.41, 5.74) is 4.52. The van der Waals surface area contributed by atoms with Crippen LogP contribution in [0.2, 0.25) is 0 Å². The molecule has 1 aromatic heterocycles. The van der Waals surface area contributed by atoms with Gasteiger partial charge in [0, 0.05) is 19.0 Å². The number of amides is 1. The number of fused-ring (bicyclic) bond motifs is 1. The minimum atomic E-state index is -0.0806. The van der Waals surface area contributed by atoms with Crippen molar-refractivity contribution in [2.45, 2.75) is 19.9 Å². The summed E-state index contributed by atoms with van der Waals surface area (Å²) in [6.45, 7) is 9.94. The zero-order valence-corrected chi connectivity index (χ0v) is 15.8. The molecule has 2 aromatic rings.